The molecule has 0 radical (unpaired) electrons. The molecule has 0 atom stereocenters. The Hall–Kier alpha value is -1.89. The molecule has 2 rings (SSSR count). The fourth-order valence-electron chi connectivity index (χ4n) is 1.39. The lowest BCUT2D eigenvalue weighted by Crippen LogP contribution is -2.10. The third-order valence-electron chi connectivity index (χ3n) is 2.28. The Balaban J connectivity index is 2.22. The van der Waals surface area contributed by atoms with Crippen molar-refractivity contribution < 1.29 is 4.74 Å². The zero-order valence-electron chi connectivity index (χ0n) is 11.2. The van der Waals surface area contributed by atoms with E-state index in [-0.39, 0.29) is 17.4 Å². The van der Waals surface area contributed by atoms with Crippen LogP contribution in [0.5, 0.6) is 6.01 Å². The topological polar surface area (TPSA) is 77.8 Å². The third kappa shape index (κ3) is 3.54. The van der Waals surface area contributed by atoms with Crippen LogP contribution >= 0.6 is 11.6 Å². The molecule has 2 heterocycles. The molecule has 8 heteroatoms. The quantitative estimate of drug-likeness (QED) is 0.925. The van der Waals surface area contributed by atoms with Gasteiger partial charge in [-0.3, -0.25) is 4.68 Å². The Kier molecular flexibility index (Phi) is 3.84. The van der Waals surface area contributed by atoms with Crippen molar-refractivity contribution in [2.75, 3.05) is 5.32 Å². The summed E-state index contributed by atoms with van der Waals surface area (Å²) in [6.45, 7) is 5.71. The van der Waals surface area contributed by atoms with Crippen molar-refractivity contribution in [1.82, 2.24) is 24.7 Å². The van der Waals surface area contributed by atoms with E-state index in [1.807, 2.05) is 33.9 Å². The van der Waals surface area contributed by atoms with Gasteiger partial charge in [0, 0.05) is 18.8 Å². The van der Waals surface area contributed by atoms with Crippen molar-refractivity contribution in [3.05, 3.63) is 17.0 Å². The Labute approximate surface area is 116 Å². The normalized spacial score (nSPS) is 10.8. The predicted octanol–water partition coefficient (Wildman–Crippen LogP) is 2.10. The molecule has 0 aliphatic carbocycles. The van der Waals surface area contributed by atoms with Crippen LogP contribution in [0.4, 0.5) is 11.8 Å². The number of aromatic nitrogens is 5. The summed E-state index contributed by atoms with van der Waals surface area (Å²) in [5.74, 6) is 0.937. The van der Waals surface area contributed by atoms with E-state index in [2.05, 4.69) is 25.4 Å². The largest absolute Gasteiger partial charge is 0.461 e. The number of aryl methyl sites for hydroxylation is 2. The van der Waals surface area contributed by atoms with Gasteiger partial charge in [0.1, 0.15) is 0 Å². The number of nitrogens with zero attached hydrogens (tertiary/aromatic N) is 5. The molecular weight excluding hydrogens is 268 g/mol. The van der Waals surface area contributed by atoms with Gasteiger partial charge >= 0.3 is 6.01 Å². The lowest BCUT2D eigenvalue weighted by atomic mass is 10.5. The summed E-state index contributed by atoms with van der Waals surface area (Å²) in [6, 6.07) is 2.06. The number of nitrogens with one attached hydrogen (secondary N) is 1. The molecule has 102 valence electrons. The summed E-state index contributed by atoms with van der Waals surface area (Å²) in [4.78, 5) is 12.0. The highest BCUT2D eigenvalue weighted by molar-refractivity contribution is 6.28. The van der Waals surface area contributed by atoms with Gasteiger partial charge in [-0.05, 0) is 32.4 Å². The van der Waals surface area contributed by atoms with E-state index >= 15 is 0 Å². The van der Waals surface area contributed by atoms with E-state index < -0.39 is 0 Å². The molecule has 0 unspecified atom stereocenters. The second kappa shape index (κ2) is 5.40. The van der Waals surface area contributed by atoms with Crippen LogP contribution in [0.2, 0.25) is 5.28 Å². The molecule has 7 nitrogen and oxygen atoms in total. The second-order valence-corrected chi connectivity index (χ2v) is 4.63. The fourth-order valence-corrected chi connectivity index (χ4v) is 1.54. The van der Waals surface area contributed by atoms with Gasteiger partial charge in [0.15, 0.2) is 5.82 Å². The monoisotopic (exact) mass is 282 g/mol. The van der Waals surface area contributed by atoms with E-state index in [9.17, 15) is 0 Å². The first kappa shape index (κ1) is 13.5. The lowest BCUT2D eigenvalue weighted by molar-refractivity contribution is 0.222. The Morgan fingerprint density at radius 3 is 2.63 bits per heavy atom. The molecule has 0 aromatic carbocycles. The zero-order chi connectivity index (χ0) is 14.0. The van der Waals surface area contributed by atoms with Gasteiger partial charge in [0.2, 0.25) is 11.2 Å². The summed E-state index contributed by atoms with van der Waals surface area (Å²) in [5, 5.41) is 7.28. The third-order valence-corrected chi connectivity index (χ3v) is 2.45. The molecule has 2 aromatic heterocycles. The molecule has 0 aliphatic heterocycles. The molecule has 0 saturated carbocycles. The van der Waals surface area contributed by atoms with Crippen LogP contribution in [-0.2, 0) is 7.05 Å². The summed E-state index contributed by atoms with van der Waals surface area (Å²) in [7, 11) is 1.86. The minimum atomic E-state index is -0.0385. The number of ether oxygens (including phenoxy) is 1. The predicted molar refractivity (Wildman–Crippen MR) is 71.8 cm³/mol. The Bertz CT molecular complexity index is 563. The maximum Gasteiger partial charge on any atom is 0.322 e. The van der Waals surface area contributed by atoms with Crippen LogP contribution in [0.1, 0.15) is 19.5 Å². The van der Waals surface area contributed by atoms with Crippen LogP contribution in [0.15, 0.2) is 6.07 Å². The van der Waals surface area contributed by atoms with Crippen molar-refractivity contribution in [2.24, 2.45) is 7.05 Å². The average molecular weight is 283 g/mol. The minimum absolute atomic E-state index is 0.0385. The van der Waals surface area contributed by atoms with Crippen LogP contribution < -0.4 is 10.1 Å². The first-order chi connectivity index (χ1) is 8.94. The highest BCUT2D eigenvalue weighted by Gasteiger charge is 2.09. The maximum atomic E-state index is 5.83. The number of hydrogen-bond acceptors (Lipinski definition) is 6. The molecule has 0 aliphatic rings. The van der Waals surface area contributed by atoms with Gasteiger partial charge in [-0.15, -0.1) is 0 Å². The van der Waals surface area contributed by atoms with E-state index in [1.54, 1.807) is 4.68 Å². The molecule has 0 spiro atoms. The molecular formula is C11H15ClN6O. The van der Waals surface area contributed by atoms with Gasteiger partial charge in [-0.25, -0.2) is 0 Å². The number of halogens is 1. The first-order valence-electron chi connectivity index (χ1n) is 5.80. The van der Waals surface area contributed by atoms with Crippen molar-refractivity contribution in [1.29, 1.82) is 0 Å². The van der Waals surface area contributed by atoms with Crippen molar-refractivity contribution in [2.45, 2.75) is 26.9 Å². The molecule has 0 saturated heterocycles. The van der Waals surface area contributed by atoms with Crippen LogP contribution in [0.3, 0.4) is 0 Å². The molecule has 0 bridgehead atoms. The second-order valence-electron chi connectivity index (χ2n) is 4.30. The van der Waals surface area contributed by atoms with Gasteiger partial charge in [-0.1, -0.05) is 0 Å². The molecule has 0 amide bonds. The average Bonchev–Trinajstić information content (AvgIpc) is 2.55. The van der Waals surface area contributed by atoms with Crippen LogP contribution in [-0.4, -0.2) is 30.8 Å². The summed E-state index contributed by atoms with van der Waals surface area (Å²) >= 11 is 5.83. The maximum absolute atomic E-state index is 5.83. The molecule has 19 heavy (non-hydrogen) atoms. The first-order valence-corrected chi connectivity index (χ1v) is 6.17. The number of rotatable bonds is 4. The Morgan fingerprint density at radius 2 is 2.05 bits per heavy atom. The molecule has 0 fully saturated rings. The fraction of sp³-hybridized carbons (Fsp3) is 0.455. The van der Waals surface area contributed by atoms with Gasteiger partial charge in [-0.2, -0.15) is 20.1 Å². The molecule has 1 N–H and O–H groups in total. The van der Waals surface area contributed by atoms with Crippen molar-refractivity contribution in [3.8, 4) is 6.01 Å². The number of hydrogen-bond donors (Lipinski definition) is 1. The summed E-state index contributed by atoms with van der Waals surface area (Å²) in [5.41, 5.74) is 1.02. The minimum Gasteiger partial charge on any atom is -0.461 e. The lowest BCUT2D eigenvalue weighted by Gasteiger charge is -2.08. The van der Waals surface area contributed by atoms with Gasteiger partial charge < -0.3 is 10.1 Å². The SMILES string of the molecule is Cc1cc(Nc2nc(Cl)nc(OC(C)C)n2)nn1C. The van der Waals surface area contributed by atoms with E-state index in [0.29, 0.717) is 11.8 Å². The van der Waals surface area contributed by atoms with E-state index in [0.717, 1.165) is 5.69 Å². The zero-order valence-corrected chi connectivity index (χ0v) is 11.9. The van der Waals surface area contributed by atoms with Crippen molar-refractivity contribution in [3.63, 3.8) is 0 Å². The van der Waals surface area contributed by atoms with Gasteiger partial charge in [0.05, 0.1) is 6.10 Å². The van der Waals surface area contributed by atoms with E-state index in [1.165, 1.54) is 0 Å². The summed E-state index contributed by atoms with van der Waals surface area (Å²) < 4.78 is 7.14. The van der Waals surface area contributed by atoms with E-state index in [4.69, 9.17) is 16.3 Å². The van der Waals surface area contributed by atoms with Crippen molar-refractivity contribution >= 4 is 23.4 Å². The molecule has 2 aromatic rings. The van der Waals surface area contributed by atoms with Crippen LogP contribution in [0.25, 0.3) is 0 Å². The highest BCUT2D eigenvalue weighted by atomic mass is 35.5. The highest BCUT2D eigenvalue weighted by Crippen LogP contribution is 2.16. The summed E-state index contributed by atoms with van der Waals surface area (Å²) in [6.07, 6.45) is -0.0385. The number of anilines is 2. The standard InChI is InChI=1S/C11H15ClN6O/c1-6(2)19-11-15-9(12)14-10(16-11)13-8-5-7(3)18(4)17-8/h5-6H,1-4H3,(H,13,14,15,16,17). The smallest absolute Gasteiger partial charge is 0.322 e. The van der Waals surface area contributed by atoms with Crippen LogP contribution in [0, 0.1) is 6.92 Å². The van der Waals surface area contributed by atoms with Gasteiger partial charge in [0.25, 0.3) is 0 Å². The Morgan fingerprint density at radius 1 is 1.32 bits per heavy atom.